The molecule has 1 aromatic carbocycles. The molecule has 3 atom stereocenters. The first kappa shape index (κ1) is 9.28. The first-order valence-corrected chi connectivity index (χ1v) is 7.75. The maximum absolute atomic E-state index is 11.1. The molecule has 1 saturated heterocycles. The van der Waals surface area contributed by atoms with E-state index in [2.05, 4.69) is 0 Å². The molecule has 128 valence electrons. The van der Waals surface area contributed by atoms with Crippen LogP contribution in [0.15, 0.2) is 12.1 Å². The van der Waals surface area contributed by atoms with E-state index in [4.69, 9.17) is 20.4 Å². The van der Waals surface area contributed by atoms with Crippen LogP contribution in [0.25, 0.3) is 0 Å². The second-order valence-corrected chi connectivity index (χ2v) is 6.26. The molecule has 0 radical (unpaired) electrons. The van der Waals surface area contributed by atoms with Gasteiger partial charge in [-0.3, -0.25) is 4.90 Å². The van der Waals surface area contributed by atoms with Crippen LogP contribution in [-0.2, 0) is 6.37 Å². The van der Waals surface area contributed by atoms with Crippen LogP contribution in [0, 0.1) is 11.8 Å². The van der Waals surface area contributed by atoms with Gasteiger partial charge in [-0.25, -0.2) is 0 Å². The first-order valence-electron chi connectivity index (χ1n) is 11.7. The van der Waals surface area contributed by atoms with Crippen molar-refractivity contribution in [2.45, 2.75) is 45.1 Å². The summed E-state index contributed by atoms with van der Waals surface area (Å²) in [6.45, 7) is 0.294. The van der Waals surface area contributed by atoms with Crippen molar-refractivity contribution in [2.24, 2.45) is 11.8 Å². The van der Waals surface area contributed by atoms with Crippen LogP contribution < -0.4 is 9.47 Å². The Hall–Kier alpha value is -1.26. The van der Waals surface area contributed by atoms with Crippen molar-refractivity contribution in [1.29, 1.82) is 0 Å². The quantitative estimate of drug-likeness (QED) is 0.923. The normalized spacial score (nSPS) is 45.6. The second kappa shape index (κ2) is 6.70. The van der Waals surface area contributed by atoms with Crippen molar-refractivity contribution in [3.8, 4) is 11.5 Å². The van der Waals surface area contributed by atoms with Crippen molar-refractivity contribution < 1.29 is 25.5 Å². The summed E-state index contributed by atoms with van der Waals surface area (Å²) in [7, 11) is 2.72. The molecule has 23 heavy (non-hydrogen) atoms. The molecule has 1 aromatic rings. The number of rotatable bonds is 4. The molecule has 0 amide bonds. The number of aliphatic hydroxyl groups is 1. The van der Waals surface area contributed by atoms with Crippen LogP contribution in [0.4, 0.5) is 0 Å². The fourth-order valence-corrected chi connectivity index (χ4v) is 3.05. The molecule has 3 rings (SSSR count). The van der Waals surface area contributed by atoms with Gasteiger partial charge in [0.15, 0.2) is 11.5 Å². The Balaban J connectivity index is 2.35. The maximum atomic E-state index is 11.1. The number of piperidine rings is 1. The summed E-state index contributed by atoms with van der Waals surface area (Å²) < 4.78 is 79.8. The van der Waals surface area contributed by atoms with Gasteiger partial charge >= 0.3 is 0 Å². The minimum absolute atomic E-state index is 0.0556. The fraction of sp³-hybridized carbons (Fsp3) is 0.684. The molecule has 0 bridgehead atoms. The molecule has 1 fully saturated rings. The molecular weight excluding hydrogens is 290 g/mol. The molecule has 3 unspecified atom stereocenters. The van der Waals surface area contributed by atoms with Crippen LogP contribution in [0.1, 0.15) is 54.8 Å². The van der Waals surface area contributed by atoms with E-state index in [1.807, 2.05) is 0 Å². The van der Waals surface area contributed by atoms with Gasteiger partial charge in [0.1, 0.15) is 0 Å². The van der Waals surface area contributed by atoms with Gasteiger partial charge in [-0.05, 0) is 54.2 Å². The van der Waals surface area contributed by atoms with Gasteiger partial charge in [0.05, 0.1) is 21.7 Å². The third kappa shape index (κ3) is 3.20. The Labute approximate surface area is 150 Å². The van der Waals surface area contributed by atoms with Crippen LogP contribution in [0.5, 0.6) is 11.5 Å². The van der Waals surface area contributed by atoms with Crippen LogP contribution in [0.2, 0.25) is 0 Å². The van der Waals surface area contributed by atoms with E-state index in [9.17, 15) is 5.11 Å². The highest BCUT2D eigenvalue weighted by molar-refractivity contribution is 5.49. The molecule has 0 aromatic heterocycles. The van der Waals surface area contributed by atoms with Crippen molar-refractivity contribution in [2.75, 3.05) is 27.3 Å². The maximum Gasteiger partial charge on any atom is 0.161 e. The summed E-state index contributed by atoms with van der Waals surface area (Å²) >= 11 is 0. The fourth-order valence-electron chi connectivity index (χ4n) is 3.05. The van der Waals surface area contributed by atoms with Gasteiger partial charge in [0.25, 0.3) is 0 Å². The molecule has 0 saturated carbocycles. The number of nitrogens with zero attached hydrogens (tertiary/aromatic N) is 1. The monoisotopic (exact) mass is 327 g/mol. The van der Waals surface area contributed by atoms with Crippen molar-refractivity contribution in [1.82, 2.24) is 4.90 Å². The predicted octanol–water partition coefficient (Wildman–Crippen LogP) is 3.03. The second-order valence-electron chi connectivity index (χ2n) is 6.26. The van der Waals surface area contributed by atoms with Gasteiger partial charge in [0, 0.05) is 28.7 Å². The molecule has 1 N–H and O–H groups in total. The van der Waals surface area contributed by atoms with Gasteiger partial charge < -0.3 is 14.6 Å². The lowest BCUT2D eigenvalue weighted by molar-refractivity contribution is -0.0191. The number of fused-ring (bicyclic) bond motifs is 3. The first-order chi connectivity index (χ1) is 14.0. The van der Waals surface area contributed by atoms with Crippen molar-refractivity contribution >= 4 is 0 Å². The zero-order valence-corrected chi connectivity index (χ0v) is 13.9. The van der Waals surface area contributed by atoms with Gasteiger partial charge in [0.2, 0.25) is 0 Å². The average molecular weight is 327 g/mol. The van der Waals surface area contributed by atoms with Crippen molar-refractivity contribution in [3.63, 3.8) is 0 Å². The number of benzene rings is 1. The third-order valence-electron chi connectivity index (χ3n) is 4.12. The Morgan fingerprint density at radius 3 is 2.70 bits per heavy atom. The molecule has 2 heterocycles. The Morgan fingerprint density at radius 2 is 2.04 bits per heavy atom. The summed E-state index contributed by atoms with van der Waals surface area (Å²) in [5.74, 6) is -1.92. The lowest BCUT2D eigenvalue weighted by atomic mass is 9.79. The molecule has 0 spiro atoms. The minimum atomic E-state index is -2.88. The Bertz CT molecular complexity index is 876. The van der Waals surface area contributed by atoms with E-state index in [-0.39, 0.29) is 35.0 Å². The number of ether oxygens (including phenoxy) is 2. The van der Waals surface area contributed by atoms with Gasteiger partial charge in [-0.15, -0.1) is 0 Å². The number of hydrogen-bond acceptors (Lipinski definition) is 4. The van der Waals surface area contributed by atoms with Crippen LogP contribution in [-0.4, -0.2) is 43.3 Å². The summed E-state index contributed by atoms with van der Waals surface area (Å²) in [5, 5.41) is 11.1. The Kier molecular flexibility index (Phi) is 2.70. The molecule has 0 aliphatic carbocycles. The van der Waals surface area contributed by atoms with E-state index < -0.39 is 43.8 Å². The van der Waals surface area contributed by atoms with Crippen LogP contribution in [0.3, 0.4) is 0 Å². The molecule has 4 heteroatoms. The number of aryl methyl sites for hydroxylation is 1. The summed E-state index contributed by atoms with van der Waals surface area (Å²) in [4.78, 5) is 0.958. The van der Waals surface area contributed by atoms with E-state index in [0.717, 1.165) is 4.90 Å². The van der Waals surface area contributed by atoms with Gasteiger partial charge in [-0.2, -0.15) is 0 Å². The molecule has 4 nitrogen and oxygen atoms in total. The summed E-state index contributed by atoms with van der Waals surface area (Å²) in [6, 6.07) is 1.12. The molecule has 2 aliphatic rings. The topological polar surface area (TPSA) is 41.9 Å². The lowest BCUT2D eigenvalue weighted by Gasteiger charge is -2.46. The minimum Gasteiger partial charge on any atom is -0.493 e. The molecule has 2 aliphatic heterocycles. The smallest absolute Gasteiger partial charge is 0.161 e. The largest absolute Gasteiger partial charge is 0.493 e. The van der Waals surface area contributed by atoms with Gasteiger partial charge in [-0.1, -0.05) is 13.8 Å². The van der Waals surface area contributed by atoms with Crippen LogP contribution >= 0.6 is 0 Å². The highest BCUT2D eigenvalue weighted by atomic mass is 16.5. The standard InChI is InChI=1S/C19H29NO3/c1-12(2)7-14-11-20-6-5-13-8-18(22-3)19(23-4)9-15(13)16(20)10-17(14)21/h8-9,12,14,16-17,21H,5-7,10-11H2,1-4H3/i5D2,6D2,10D2,14D,17D. The van der Waals surface area contributed by atoms with E-state index in [1.54, 1.807) is 13.8 Å². The van der Waals surface area contributed by atoms with E-state index in [1.165, 1.54) is 26.4 Å². The Morgan fingerprint density at radius 1 is 1.35 bits per heavy atom. The number of methoxy groups -OCH3 is 2. The lowest BCUT2D eigenvalue weighted by Crippen LogP contribution is -2.48. The summed E-state index contributed by atoms with van der Waals surface area (Å²) in [6.07, 6.45) is -8.34. The average Bonchev–Trinajstić information content (AvgIpc) is 2.63. The zero-order valence-electron chi connectivity index (χ0n) is 21.9. The van der Waals surface area contributed by atoms with Crippen molar-refractivity contribution in [3.05, 3.63) is 23.3 Å². The van der Waals surface area contributed by atoms with E-state index in [0.29, 0.717) is 0 Å². The third-order valence-corrected chi connectivity index (χ3v) is 4.12. The highest BCUT2D eigenvalue weighted by Crippen LogP contribution is 2.43. The molecular formula is C19H29NO3. The highest BCUT2D eigenvalue weighted by Gasteiger charge is 2.38. The number of hydrogen-bond donors (Lipinski definition) is 1. The van der Waals surface area contributed by atoms with E-state index >= 15 is 0 Å². The SMILES string of the molecule is [2H]C1(CC(C)C)CN2C(c3cc(OC)c(OC)cc3C([2H])([2H])C2([2H])[2H])C([2H])([2H])C1([2H])O. The predicted molar refractivity (Wildman–Crippen MR) is 91.1 cm³/mol. The summed E-state index contributed by atoms with van der Waals surface area (Å²) in [5.41, 5.74) is -0.0857. The zero-order chi connectivity index (χ0) is 23.8.